The van der Waals surface area contributed by atoms with Crippen molar-refractivity contribution in [1.82, 2.24) is 4.90 Å². The van der Waals surface area contributed by atoms with E-state index >= 15 is 0 Å². The second kappa shape index (κ2) is 9.72. The smallest absolute Gasteiger partial charge is 0.664 e. The fourth-order valence-electron chi connectivity index (χ4n) is 2.56. The number of halogens is 1. The third-order valence-corrected chi connectivity index (χ3v) is 4.11. The van der Waals surface area contributed by atoms with Gasteiger partial charge in [0.1, 0.15) is 0 Å². The largest absolute Gasteiger partial charge is 3.00 e. The van der Waals surface area contributed by atoms with Crippen molar-refractivity contribution in [3.8, 4) is 0 Å². The van der Waals surface area contributed by atoms with Gasteiger partial charge in [0.05, 0.1) is 17.0 Å². The van der Waals surface area contributed by atoms with E-state index in [9.17, 15) is 4.79 Å². The first-order valence-corrected chi connectivity index (χ1v) is 7.76. The van der Waals surface area contributed by atoms with E-state index in [1.54, 1.807) is 12.1 Å². The van der Waals surface area contributed by atoms with Crippen LogP contribution in [0.25, 0.3) is 5.73 Å². The second-order valence-electron chi connectivity index (χ2n) is 5.79. The van der Waals surface area contributed by atoms with E-state index in [0.717, 1.165) is 12.2 Å². The zero-order valence-electron chi connectivity index (χ0n) is 14.2. The Bertz CT molecular complexity index is 679. The van der Waals surface area contributed by atoms with Gasteiger partial charge in [-0.25, -0.2) is 0 Å². The van der Waals surface area contributed by atoms with Gasteiger partial charge in [0, 0.05) is 24.8 Å². The quantitative estimate of drug-likeness (QED) is 0.632. The fraction of sp³-hybridized carbons (Fsp3) is 0.278. The van der Waals surface area contributed by atoms with Crippen LogP contribution in [0.3, 0.4) is 0 Å². The molecule has 0 aromatic heterocycles. The van der Waals surface area contributed by atoms with E-state index in [0.29, 0.717) is 5.02 Å². The predicted molar refractivity (Wildman–Crippen MR) is 96.2 cm³/mol. The van der Waals surface area contributed by atoms with Crippen molar-refractivity contribution >= 4 is 23.2 Å². The molecule has 2 aromatic rings. The molecule has 0 aliphatic rings. The van der Waals surface area contributed by atoms with Crippen molar-refractivity contribution in [1.29, 1.82) is 0 Å². The van der Waals surface area contributed by atoms with Crippen LogP contribution in [0.15, 0.2) is 48.5 Å². The number of amides is 1. The van der Waals surface area contributed by atoms with Crippen molar-refractivity contribution in [2.45, 2.75) is 6.04 Å². The maximum Gasteiger partial charge on any atom is 3.00 e. The van der Waals surface area contributed by atoms with Crippen LogP contribution in [-0.4, -0.2) is 38.5 Å². The number of nitrogens with one attached hydrogen (secondary N) is 1. The molecule has 0 saturated heterocycles. The molecular formula is C18H21ClN3OPr+2. The Morgan fingerprint density at radius 2 is 1.75 bits per heavy atom. The SMILES string of the molecule is CN(C)CC(c1ccccc1)N(C)c1ccc(C([NH-])=O)c(Cl)c1.[Pr+3]. The third-order valence-electron chi connectivity index (χ3n) is 3.79. The first kappa shape index (κ1) is 21.4. The van der Waals surface area contributed by atoms with Gasteiger partial charge in [-0.3, -0.25) is 0 Å². The second-order valence-corrected chi connectivity index (χ2v) is 6.20. The van der Waals surface area contributed by atoms with Crippen molar-refractivity contribution in [3.05, 3.63) is 70.4 Å². The number of benzene rings is 2. The summed E-state index contributed by atoms with van der Waals surface area (Å²) < 4.78 is 0. The zero-order chi connectivity index (χ0) is 17.0. The van der Waals surface area contributed by atoms with Crippen LogP contribution in [-0.2, 0) is 0 Å². The summed E-state index contributed by atoms with van der Waals surface area (Å²) in [5, 5.41) is 0.311. The maximum atomic E-state index is 11.2. The third kappa shape index (κ3) is 5.42. The van der Waals surface area contributed by atoms with Crippen LogP contribution in [0.2, 0.25) is 5.02 Å². The van der Waals surface area contributed by atoms with Crippen molar-refractivity contribution in [2.24, 2.45) is 0 Å². The van der Waals surface area contributed by atoms with Crippen molar-refractivity contribution in [3.63, 3.8) is 0 Å². The van der Waals surface area contributed by atoms with E-state index in [2.05, 4.69) is 21.9 Å². The molecule has 4 nitrogen and oxygen atoms in total. The molecule has 1 atom stereocenters. The van der Waals surface area contributed by atoms with Crippen molar-refractivity contribution in [2.75, 3.05) is 32.6 Å². The van der Waals surface area contributed by atoms with Crippen LogP contribution in [0.1, 0.15) is 22.0 Å². The van der Waals surface area contributed by atoms with Crippen molar-refractivity contribution < 1.29 is 46.1 Å². The number of hydrogen-bond donors (Lipinski definition) is 0. The predicted octanol–water partition coefficient (Wildman–Crippen LogP) is 4.27. The Hall–Kier alpha value is -0.676. The Morgan fingerprint density at radius 1 is 1.12 bits per heavy atom. The van der Waals surface area contributed by atoms with E-state index in [1.165, 1.54) is 5.56 Å². The molecule has 0 bridgehead atoms. The average Bonchev–Trinajstić information content (AvgIpc) is 2.52. The number of carbonyl (C=O) groups excluding carboxylic acids is 1. The first-order valence-electron chi connectivity index (χ1n) is 7.38. The fourth-order valence-corrected chi connectivity index (χ4v) is 2.82. The molecule has 6 heteroatoms. The van der Waals surface area contributed by atoms with Gasteiger partial charge >= 0.3 is 41.3 Å². The first-order chi connectivity index (χ1) is 10.9. The molecule has 0 fully saturated rings. The number of carbonyl (C=O) groups is 1. The molecule has 122 valence electrons. The number of rotatable bonds is 6. The Morgan fingerprint density at radius 3 is 2.25 bits per heavy atom. The van der Waals surface area contributed by atoms with Crippen LogP contribution in [0.4, 0.5) is 5.69 Å². The molecule has 0 aliphatic heterocycles. The van der Waals surface area contributed by atoms with E-state index in [4.69, 9.17) is 17.3 Å². The molecule has 2 rings (SSSR count). The van der Waals surface area contributed by atoms with Crippen LogP contribution in [0.5, 0.6) is 0 Å². The zero-order valence-corrected chi connectivity index (χ0v) is 18.6. The summed E-state index contributed by atoms with van der Waals surface area (Å²) in [5.74, 6) is -0.767. The Kier molecular flexibility index (Phi) is 8.65. The molecule has 0 heterocycles. The molecule has 0 saturated carbocycles. The molecule has 1 unspecified atom stereocenters. The van der Waals surface area contributed by atoms with Gasteiger partial charge in [-0.15, -0.1) is 0 Å². The van der Waals surface area contributed by atoms with Crippen LogP contribution in [0, 0.1) is 41.3 Å². The summed E-state index contributed by atoms with van der Waals surface area (Å²) in [4.78, 5) is 15.5. The van der Waals surface area contributed by atoms with Gasteiger partial charge in [0.2, 0.25) is 0 Å². The summed E-state index contributed by atoms with van der Waals surface area (Å²) in [6, 6.07) is 15.6. The monoisotopic (exact) mass is 471 g/mol. The van der Waals surface area contributed by atoms with Crippen LogP contribution < -0.4 is 4.90 Å². The summed E-state index contributed by atoms with van der Waals surface area (Å²) >= 11 is 6.15. The summed E-state index contributed by atoms with van der Waals surface area (Å²) in [6.07, 6.45) is 0. The Labute approximate surface area is 181 Å². The number of anilines is 1. The minimum atomic E-state index is -0.767. The van der Waals surface area contributed by atoms with E-state index in [1.807, 2.05) is 45.4 Å². The standard InChI is InChI=1S/C18H22ClN3O.Pr/c1-21(2)12-17(13-7-5-4-6-8-13)22(3)14-9-10-15(18(20)23)16(19)11-14;/h4-11,17H,12H2,1-3H3,(H2,20,23);/q;+3/p-1. The van der Waals surface area contributed by atoms with Gasteiger partial charge < -0.3 is 20.3 Å². The Balaban J connectivity index is 0.00000288. The summed E-state index contributed by atoms with van der Waals surface area (Å²) in [7, 11) is 6.09. The normalized spacial score (nSPS) is 11.7. The molecule has 1 N–H and O–H groups in total. The van der Waals surface area contributed by atoms with Gasteiger partial charge in [-0.1, -0.05) is 41.9 Å². The number of likely N-dealkylation sites (N-methyl/N-ethyl adjacent to an activating group) is 2. The minimum Gasteiger partial charge on any atom is -0.664 e. The number of nitrogens with zero attached hydrogens (tertiary/aromatic N) is 2. The molecule has 0 aliphatic carbocycles. The molecule has 24 heavy (non-hydrogen) atoms. The molecular weight excluding hydrogens is 451 g/mol. The topological polar surface area (TPSA) is 47.4 Å². The number of hydrogen-bond acceptors (Lipinski definition) is 3. The summed E-state index contributed by atoms with van der Waals surface area (Å²) in [5.41, 5.74) is 9.56. The molecule has 1 amide bonds. The van der Waals surface area contributed by atoms with Gasteiger partial charge in [-0.05, 0) is 37.9 Å². The van der Waals surface area contributed by atoms with Gasteiger partial charge in [0.15, 0.2) is 0 Å². The van der Waals surface area contributed by atoms with E-state index in [-0.39, 0.29) is 52.9 Å². The van der Waals surface area contributed by atoms with Gasteiger partial charge in [0.25, 0.3) is 0 Å². The van der Waals surface area contributed by atoms with Gasteiger partial charge in [-0.2, -0.15) is 0 Å². The molecule has 0 spiro atoms. The van der Waals surface area contributed by atoms with E-state index < -0.39 is 5.91 Å². The molecule has 0 radical (unpaired) electrons. The average molecular weight is 472 g/mol. The van der Waals surface area contributed by atoms with Crippen LogP contribution >= 0.6 is 11.6 Å². The molecule has 2 aromatic carbocycles. The minimum absolute atomic E-state index is 0. The summed E-state index contributed by atoms with van der Waals surface area (Å²) in [6.45, 7) is 0.845. The maximum absolute atomic E-state index is 11.2.